The molecule has 0 aromatic heterocycles. The maximum Gasteiger partial charge on any atom is 0.256 e. The van der Waals surface area contributed by atoms with E-state index in [1.807, 2.05) is 6.92 Å². The molecule has 0 bridgehead atoms. The first kappa shape index (κ1) is 17.5. The Morgan fingerprint density at radius 3 is 2.13 bits per heavy atom. The third kappa shape index (κ3) is 4.13. The molecule has 0 aliphatic carbocycles. The van der Waals surface area contributed by atoms with Gasteiger partial charge < -0.3 is 5.32 Å². The molecule has 1 amide bonds. The lowest BCUT2D eigenvalue weighted by molar-refractivity contribution is 0.0968. The lowest BCUT2D eigenvalue weighted by Gasteiger charge is -2.10. The van der Waals surface area contributed by atoms with Crippen molar-refractivity contribution in [2.45, 2.75) is 11.8 Å². The first-order valence-corrected chi connectivity index (χ1v) is 8.83. The molecule has 0 atom stereocenters. The van der Waals surface area contributed by atoms with Gasteiger partial charge in [-0.15, -0.1) is 0 Å². The second kappa shape index (κ2) is 7.17. The summed E-state index contributed by atoms with van der Waals surface area (Å²) in [4.78, 5) is 12.2. The highest BCUT2D eigenvalue weighted by Crippen LogP contribution is 2.19. The van der Waals surface area contributed by atoms with Gasteiger partial charge in [-0.1, -0.05) is 40.9 Å². The molecule has 4 nitrogen and oxygen atoms in total. The predicted molar refractivity (Wildman–Crippen MR) is 91.2 cm³/mol. The predicted octanol–water partition coefficient (Wildman–Crippen LogP) is 3.89. The minimum Gasteiger partial charge on any atom is -0.311 e. The molecular weight excluding hydrogens is 357 g/mol. The van der Waals surface area contributed by atoms with Crippen LogP contribution in [0, 0.1) is 6.92 Å². The fraction of sp³-hybridized carbons (Fsp3) is 0.0625. The molecule has 0 fully saturated rings. The third-order valence-corrected chi connectivity index (χ3v) is 5.35. The van der Waals surface area contributed by atoms with Crippen LogP contribution in [-0.4, -0.2) is 14.3 Å². The number of sulfone groups is 1. The van der Waals surface area contributed by atoms with Crippen molar-refractivity contribution in [3.63, 3.8) is 0 Å². The quantitative estimate of drug-likeness (QED) is 0.888. The molecule has 0 saturated heterocycles. The van der Waals surface area contributed by atoms with Crippen molar-refractivity contribution in [3.8, 4) is 0 Å². The fourth-order valence-electron chi connectivity index (χ4n) is 1.78. The number of hydrogen-bond acceptors (Lipinski definition) is 3. The van der Waals surface area contributed by atoms with Gasteiger partial charge in [-0.3, -0.25) is 4.79 Å². The molecule has 120 valence electrons. The van der Waals surface area contributed by atoms with Gasteiger partial charge in [-0.2, -0.15) is 0 Å². The molecule has 0 heterocycles. The lowest BCUT2D eigenvalue weighted by Crippen LogP contribution is -2.27. The molecule has 0 aliphatic rings. The second-order valence-electron chi connectivity index (χ2n) is 4.75. The summed E-state index contributed by atoms with van der Waals surface area (Å²) in [5.41, 5.74) is 2.03. The van der Waals surface area contributed by atoms with Crippen LogP contribution < -0.4 is 5.32 Å². The first-order valence-electron chi connectivity index (χ1n) is 6.53. The Morgan fingerprint density at radius 1 is 1.04 bits per heavy atom. The summed E-state index contributed by atoms with van der Waals surface area (Å²) >= 11 is 11.4. The number of aryl methyl sites for hydroxylation is 1. The highest BCUT2D eigenvalue weighted by atomic mass is 35.5. The molecule has 7 heteroatoms. The Labute approximate surface area is 144 Å². The van der Waals surface area contributed by atoms with Crippen molar-refractivity contribution < 1.29 is 13.2 Å². The Balaban J connectivity index is 2.27. The van der Waals surface area contributed by atoms with Crippen molar-refractivity contribution >= 4 is 38.9 Å². The topological polar surface area (TPSA) is 63.2 Å². The third-order valence-electron chi connectivity index (χ3n) is 3.06. The van der Waals surface area contributed by atoms with Gasteiger partial charge >= 0.3 is 0 Å². The summed E-state index contributed by atoms with van der Waals surface area (Å²) in [5, 5.41) is 2.40. The molecule has 23 heavy (non-hydrogen) atoms. The summed E-state index contributed by atoms with van der Waals surface area (Å²) in [7, 11) is -3.91. The number of carbonyl (C=O) groups excluding carboxylic acids is 1. The van der Waals surface area contributed by atoms with Crippen LogP contribution in [0.15, 0.2) is 64.0 Å². The summed E-state index contributed by atoms with van der Waals surface area (Å²) in [6, 6.07) is 12.3. The summed E-state index contributed by atoms with van der Waals surface area (Å²) in [5.74, 6) is -0.593. The van der Waals surface area contributed by atoms with Crippen molar-refractivity contribution in [2.75, 3.05) is 0 Å². The van der Waals surface area contributed by atoms with E-state index in [2.05, 4.69) is 5.32 Å². The standard InChI is InChI=1S/C16H13Cl2NO3S/c1-11-2-8-14(9-3-11)23(21,22)15(10-17)19-16(20)12-4-6-13(18)7-5-12/h2-10H,1H3,(H,19,20)/b15-10-. The molecule has 0 unspecified atom stereocenters. The molecule has 0 aliphatic heterocycles. The van der Waals surface area contributed by atoms with E-state index < -0.39 is 15.7 Å². The van der Waals surface area contributed by atoms with Crippen molar-refractivity contribution in [1.29, 1.82) is 0 Å². The normalized spacial score (nSPS) is 12.0. The molecule has 2 aromatic rings. The monoisotopic (exact) mass is 369 g/mol. The van der Waals surface area contributed by atoms with Crippen LogP contribution in [0.25, 0.3) is 0 Å². The summed E-state index contributed by atoms with van der Waals surface area (Å²) < 4.78 is 25.0. The molecule has 2 aromatic carbocycles. The van der Waals surface area contributed by atoms with Gasteiger partial charge in [-0.25, -0.2) is 8.42 Å². The van der Waals surface area contributed by atoms with Crippen LogP contribution >= 0.6 is 23.2 Å². The number of nitrogens with one attached hydrogen (secondary N) is 1. The molecule has 2 rings (SSSR count). The van der Waals surface area contributed by atoms with E-state index in [-0.39, 0.29) is 15.5 Å². The number of benzene rings is 2. The minimum absolute atomic E-state index is 0.0476. The number of rotatable bonds is 4. The van der Waals surface area contributed by atoms with E-state index >= 15 is 0 Å². The van der Waals surface area contributed by atoms with Gasteiger partial charge in [0, 0.05) is 16.1 Å². The number of carbonyl (C=O) groups is 1. The van der Waals surface area contributed by atoms with Crippen LogP contribution in [0.2, 0.25) is 5.02 Å². The Kier molecular flexibility index (Phi) is 5.46. The lowest BCUT2D eigenvalue weighted by atomic mass is 10.2. The van der Waals surface area contributed by atoms with E-state index in [9.17, 15) is 13.2 Å². The molecule has 0 spiro atoms. The average molecular weight is 370 g/mol. The molecule has 0 radical (unpaired) electrons. The van der Waals surface area contributed by atoms with Crippen LogP contribution in [0.1, 0.15) is 15.9 Å². The Hall–Kier alpha value is -1.82. The van der Waals surface area contributed by atoms with Crippen LogP contribution in [0.5, 0.6) is 0 Å². The molecule has 0 saturated carbocycles. The fourth-order valence-corrected chi connectivity index (χ4v) is 3.41. The number of halogens is 2. The van der Waals surface area contributed by atoms with E-state index in [0.717, 1.165) is 11.1 Å². The van der Waals surface area contributed by atoms with Gasteiger partial charge in [0.25, 0.3) is 5.91 Å². The van der Waals surface area contributed by atoms with Crippen molar-refractivity contribution in [2.24, 2.45) is 0 Å². The summed E-state index contributed by atoms with van der Waals surface area (Å²) in [6.45, 7) is 1.84. The Morgan fingerprint density at radius 2 is 1.61 bits per heavy atom. The number of hydrogen-bond donors (Lipinski definition) is 1. The van der Waals surface area contributed by atoms with Crippen molar-refractivity contribution in [3.05, 3.63) is 75.2 Å². The maximum atomic E-state index is 12.5. The van der Waals surface area contributed by atoms with E-state index in [0.29, 0.717) is 5.02 Å². The van der Waals surface area contributed by atoms with Gasteiger partial charge in [0.15, 0.2) is 5.03 Å². The van der Waals surface area contributed by atoms with Crippen LogP contribution in [0.4, 0.5) is 0 Å². The van der Waals surface area contributed by atoms with Crippen LogP contribution in [0.3, 0.4) is 0 Å². The van der Waals surface area contributed by atoms with Gasteiger partial charge in [0.05, 0.1) is 4.90 Å². The second-order valence-corrected chi connectivity index (χ2v) is 7.32. The first-order chi connectivity index (χ1) is 10.8. The van der Waals surface area contributed by atoms with Crippen molar-refractivity contribution in [1.82, 2.24) is 5.32 Å². The van der Waals surface area contributed by atoms with E-state index in [1.165, 1.54) is 36.4 Å². The van der Waals surface area contributed by atoms with Gasteiger partial charge in [0.1, 0.15) is 0 Å². The zero-order valence-corrected chi connectivity index (χ0v) is 14.4. The van der Waals surface area contributed by atoms with Gasteiger partial charge in [0.2, 0.25) is 9.84 Å². The van der Waals surface area contributed by atoms with Gasteiger partial charge in [-0.05, 0) is 43.3 Å². The minimum atomic E-state index is -3.91. The highest BCUT2D eigenvalue weighted by molar-refractivity contribution is 7.95. The number of amides is 1. The molecular formula is C16H13Cl2NO3S. The largest absolute Gasteiger partial charge is 0.311 e. The Bertz CT molecular complexity index is 842. The van der Waals surface area contributed by atoms with E-state index in [1.54, 1.807) is 12.1 Å². The maximum absolute atomic E-state index is 12.5. The SMILES string of the molecule is Cc1ccc(S(=O)(=O)/C(=C\Cl)NC(=O)c2ccc(Cl)cc2)cc1. The van der Waals surface area contributed by atoms with Crippen LogP contribution in [-0.2, 0) is 9.84 Å². The summed E-state index contributed by atoms with van der Waals surface area (Å²) in [6.07, 6.45) is 0. The molecule has 1 N–H and O–H groups in total. The zero-order chi connectivity index (χ0) is 17.0. The average Bonchev–Trinajstić information content (AvgIpc) is 2.53. The zero-order valence-electron chi connectivity index (χ0n) is 12.1. The smallest absolute Gasteiger partial charge is 0.256 e. The highest BCUT2D eigenvalue weighted by Gasteiger charge is 2.23. The van der Waals surface area contributed by atoms with E-state index in [4.69, 9.17) is 23.2 Å².